The number of rotatable bonds is 8. The molecule has 0 unspecified atom stereocenters. The van der Waals surface area contributed by atoms with Gasteiger partial charge in [-0.05, 0) is 30.0 Å². The Morgan fingerprint density at radius 1 is 0.974 bits per heavy atom. The van der Waals surface area contributed by atoms with Crippen LogP contribution in [0.15, 0.2) is 42.5 Å². The lowest BCUT2D eigenvalue weighted by atomic mass is 10.00. The Balaban J connectivity index is 1.49. The summed E-state index contributed by atoms with van der Waals surface area (Å²) < 4.78 is 81.8. The number of aromatic nitrogens is 3. The number of amides is 2. The predicted octanol–water partition coefficient (Wildman–Crippen LogP) is 2.74. The number of halogens is 6. The molecular formula is C25H24F6N6O2. The maximum atomic E-state index is 14.4. The molecule has 0 radical (unpaired) electrons. The zero-order valence-corrected chi connectivity index (χ0v) is 20.4. The van der Waals surface area contributed by atoms with Gasteiger partial charge in [0.2, 0.25) is 17.6 Å². The summed E-state index contributed by atoms with van der Waals surface area (Å²) in [5, 5.41) is 9.28. The maximum absolute atomic E-state index is 14.4. The normalized spacial score (nSPS) is 15.0. The minimum Gasteiger partial charge on any atom is -0.351 e. The first-order valence-corrected chi connectivity index (χ1v) is 11.9. The third-order valence-corrected chi connectivity index (χ3v) is 6.32. The quantitative estimate of drug-likeness (QED) is 0.329. The lowest BCUT2D eigenvalue weighted by Crippen LogP contribution is -2.49. The number of benzene rings is 2. The van der Waals surface area contributed by atoms with Crippen molar-refractivity contribution < 1.29 is 35.9 Å². The van der Waals surface area contributed by atoms with Gasteiger partial charge >= 0.3 is 6.18 Å². The standard InChI is InChI=1S/C25H24F6N6O2/c26-17-12-19(28)18(27)10-15(17)9-16(33-23(39)20(32)8-14-4-2-1-3-5-14)11-22(38)36-6-7-37-21(13-36)34-35-24(37)25(29,30)31/h1-5,10,12,16,20H,6-9,11,13,32H2,(H,33,39)/t16-,20+/m1/s1. The fourth-order valence-corrected chi connectivity index (χ4v) is 4.35. The van der Waals surface area contributed by atoms with Gasteiger partial charge in [-0.25, -0.2) is 13.2 Å². The van der Waals surface area contributed by atoms with E-state index in [0.29, 0.717) is 12.1 Å². The third kappa shape index (κ3) is 6.74. The van der Waals surface area contributed by atoms with Crippen molar-refractivity contribution in [1.82, 2.24) is 25.0 Å². The summed E-state index contributed by atoms with van der Waals surface area (Å²) in [6, 6.07) is 7.75. The van der Waals surface area contributed by atoms with E-state index in [1.165, 1.54) is 4.90 Å². The van der Waals surface area contributed by atoms with E-state index in [1.807, 2.05) is 0 Å². The van der Waals surface area contributed by atoms with Crippen molar-refractivity contribution in [2.24, 2.45) is 5.73 Å². The summed E-state index contributed by atoms with van der Waals surface area (Å²) in [6.45, 7) is -0.573. The molecule has 8 nitrogen and oxygen atoms in total. The van der Waals surface area contributed by atoms with Crippen LogP contribution in [0.2, 0.25) is 0 Å². The Bertz CT molecular complexity index is 1350. The molecule has 1 aliphatic rings. The van der Waals surface area contributed by atoms with Crippen LogP contribution in [0.4, 0.5) is 26.3 Å². The fraction of sp³-hybridized carbons (Fsp3) is 0.360. The topological polar surface area (TPSA) is 106 Å². The highest BCUT2D eigenvalue weighted by Gasteiger charge is 2.40. The first-order valence-electron chi connectivity index (χ1n) is 11.9. The van der Waals surface area contributed by atoms with Crippen LogP contribution in [0.3, 0.4) is 0 Å². The molecule has 0 bridgehead atoms. The van der Waals surface area contributed by atoms with Crippen molar-refractivity contribution in [2.75, 3.05) is 6.54 Å². The molecule has 4 rings (SSSR count). The van der Waals surface area contributed by atoms with Crippen LogP contribution in [-0.2, 0) is 41.7 Å². The first-order chi connectivity index (χ1) is 18.4. The van der Waals surface area contributed by atoms with Crippen molar-refractivity contribution in [3.05, 3.63) is 82.7 Å². The number of hydrogen-bond acceptors (Lipinski definition) is 5. The van der Waals surface area contributed by atoms with Crippen molar-refractivity contribution in [1.29, 1.82) is 0 Å². The fourth-order valence-electron chi connectivity index (χ4n) is 4.35. The summed E-state index contributed by atoms with van der Waals surface area (Å²) in [5.74, 6) is -6.25. The van der Waals surface area contributed by atoms with E-state index in [9.17, 15) is 35.9 Å². The Morgan fingerprint density at radius 3 is 2.36 bits per heavy atom. The second kappa shape index (κ2) is 11.4. The van der Waals surface area contributed by atoms with Gasteiger partial charge in [-0.3, -0.25) is 9.59 Å². The second-order valence-electron chi connectivity index (χ2n) is 9.17. The summed E-state index contributed by atoms with van der Waals surface area (Å²) in [6.07, 6.45) is -5.33. The zero-order chi connectivity index (χ0) is 28.3. The van der Waals surface area contributed by atoms with E-state index in [4.69, 9.17) is 5.73 Å². The van der Waals surface area contributed by atoms with Crippen LogP contribution in [0.1, 0.15) is 29.2 Å². The lowest BCUT2D eigenvalue weighted by molar-refractivity contribution is -0.148. The van der Waals surface area contributed by atoms with Gasteiger partial charge in [-0.15, -0.1) is 10.2 Å². The molecule has 208 valence electrons. The Labute approximate surface area is 218 Å². The van der Waals surface area contributed by atoms with Crippen molar-refractivity contribution >= 4 is 11.8 Å². The minimum atomic E-state index is -4.71. The first kappa shape index (κ1) is 28.1. The van der Waals surface area contributed by atoms with Gasteiger partial charge in [0.05, 0.1) is 12.6 Å². The molecule has 14 heteroatoms. The van der Waals surface area contributed by atoms with E-state index in [1.54, 1.807) is 30.3 Å². The molecule has 39 heavy (non-hydrogen) atoms. The van der Waals surface area contributed by atoms with Gasteiger partial charge < -0.3 is 20.5 Å². The number of nitrogens with zero attached hydrogens (tertiary/aromatic N) is 4. The van der Waals surface area contributed by atoms with E-state index < -0.39 is 59.8 Å². The third-order valence-electron chi connectivity index (χ3n) is 6.32. The van der Waals surface area contributed by atoms with Gasteiger partial charge in [0, 0.05) is 31.6 Å². The van der Waals surface area contributed by atoms with Gasteiger partial charge in [-0.2, -0.15) is 13.2 Å². The average molecular weight is 554 g/mol. The molecule has 0 spiro atoms. The van der Waals surface area contributed by atoms with E-state index in [2.05, 4.69) is 15.5 Å². The number of hydrogen-bond donors (Lipinski definition) is 2. The summed E-state index contributed by atoms with van der Waals surface area (Å²) >= 11 is 0. The number of alkyl halides is 3. The molecule has 1 aromatic heterocycles. The number of fused-ring (bicyclic) bond motifs is 1. The molecule has 3 N–H and O–H groups in total. The lowest BCUT2D eigenvalue weighted by Gasteiger charge is -2.30. The van der Waals surface area contributed by atoms with E-state index >= 15 is 0 Å². The van der Waals surface area contributed by atoms with E-state index in [-0.39, 0.29) is 43.9 Å². The monoisotopic (exact) mass is 554 g/mol. The largest absolute Gasteiger partial charge is 0.451 e. The van der Waals surface area contributed by atoms with Gasteiger partial charge in [-0.1, -0.05) is 30.3 Å². The molecule has 3 aromatic rings. The van der Waals surface area contributed by atoms with Gasteiger partial charge in [0.15, 0.2) is 17.5 Å². The van der Waals surface area contributed by atoms with Crippen LogP contribution in [0.25, 0.3) is 0 Å². The molecule has 1 aliphatic heterocycles. The Kier molecular flexibility index (Phi) is 8.23. The van der Waals surface area contributed by atoms with Crippen LogP contribution in [-0.4, -0.2) is 50.1 Å². The van der Waals surface area contributed by atoms with Crippen molar-refractivity contribution in [3.63, 3.8) is 0 Å². The number of nitrogens with two attached hydrogens (primary N) is 1. The summed E-state index contributed by atoms with van der Waals surface area (Å²) in [4.78, 5) is 27.2. The molecule has 2 heterocycles. The van der Waals surface area contributed by atoms with Crippen LogP contribution < -0.4 is 11.1 Å². The molecule has 2 aromatic carbocycles. The molecule has 0 aliphatic carbocycles. The predicted molar refractivity (Wildman–Crippen MR) is 125 cm³/mol. The number of carbonyl (C=O) groups is 2. The minimum absolute atomic E-state index is 0.0703. The van der Waals surface area contributed by atoms with Crippen molar-refractivity contribution in [3.8, 4) is 0 Å². The second-order valence-corrected chi connectivity index (χ2v) is 9.17. The van der Waals surface area contributed by atoms with Gasteiger partial charge in [0.1, 0.15) is 5.82 Å². The molecule has 2 atom stereocenters. The molecular weight excluding hydrogens is 530 g/mol. The van der Waals surface area contributed by atoms with Crippen molar-refractivity contribution in [2.45, 2.75) is 50.6 Å². The average Bonchev–Trinajstić information content (AvgIpc) is 3.32. The maximum Gasteiger partial charge on any atom is 0.451 e. The summed E-state index contributed by atoms with van der Waals surface area (Å²) in [7, 11) is 0. The van der Waals surface area contributed by atoms with E-state index in [0.717, 1.165) is 10.1 Å². The molecule has 0 saturated carbocycles. The SMILES string of the molecule is N[C@@H](Cc1ccccc1)C(=O)N[C@@H](CC(=O)N1CCn2c(nnc2C(F)(F)F)C1)Cc1cc(F)c(F)cc1F. The van der Waals surface area contributed by atoms with Crippen LogP contribution in [0.5, 0.6) is 0 Å². The van der Waals surface area contributed by atoms with Crippen LogP contribution in [0, 0.1) is 17.5 Å². The molecule has 2 amide bonds. The number of carbonyl (C=O) groups excluding carboxylic acids is 2. The highest BCUT2D eigenvalue weighted by molar-refractivity contribution is 5.83. The number of nitrogens with one attached hydrogen (secondary N) is 1. The molecule has 0 fully saturated rings. The highest BCUT2D eigenvalue weighted by atomic mass is 19.4. The Hall–Kier alpha value is -3.94. The Morgan fingerprint density at radius 2 is 1.67 bits per heavy atom. The van der Waals surface area contributed by atoms with Gasteiger partial charge in [0.25, 0.3) is 0 Å². The highest BCUT2D eigenvalue weighted by Crippen LogP contribution is 2.29. The molecule has 0 saturated heterocycles. The summed E-state index contributed by atoms with van der Waals surface area (Å²) in [5.41, 5.74) is 6.52. The van der Waals surface area contributed by atoms with Crippen LogP contribution >= 0.6 is 0 Å². The zero-order valence-electron chi connectivity index (χ0n) is 20.4. The smallest absolute Gasteiger partial charge is 0.351 e.